The van der Waals surface area contributed by atoms with Gasteiger partial charge in [-0.05, 0) is 17.7 Å². The normalized spacial score (nSPS) is 10.6. The fourth-order valence-corrected chi connectivity index (χ4v) is 1.72. The van der Waals surface area contributed by atoms with Crippen LogP contribution in [0.2, 0.25) is 0 Å². The number of benzene rings is 2. The van der Waals surface area contributed by atoms with E-state index < -0.39 is 4.92 Å². The highest BCUT2D eigenvalue weighted by Crippen LogP contribution is 2.11. The summed E-state index contributed by atoms with van der Waals surface area (Å²) in [5.41, 5.74) is 3.41. The van der Waals surface area contributed by atoms with Crippen LogP contribution in [-0.4, -0.2) is 17.0 Å². The smallest absolute Gasteiger partial charge is 0.270 e. The minimum absolute atomic E-state index is 0.0541. The average Bonchev–Trinajstić information content (AvgIpc) is 2.50. The Hall–Kier alpha value is -3.09. The van der Waals surface area contributed by atoms with Crippen molar-refractivity contribution in [3.63, 3.8) is 0 Å². The van der Waals surface area contributed by atoms with Gasteiger partial charge in [-0.2, -0.15) is 5.10 Å². The molecule has 0 aliphatic rings. The topological polar surface area (TPSA) is 84.6 Å². The maximum Gasteiger partial charge on any atom is 0.270 e. The van der Waals surface area contributed by atoms with Crippen molar-refractivity contribution < 1.29 is 14.1 Å². The number of nitrogens with zero attached hydrogens (tertiary/aromatic N) is 2. The van der Waals surface area contributed by atoms with E-state index in [1.165, 1.54) is 48.7 Å². The monoisotopic (exact) mass is 301 g/mol. The van der Waals surface area contributed by atoms with Gasteiger partial charge in [-0.3, -0.25) is 14.9 Å². The number of amides is 1. The second-order valence-electron chi connectivity index (χ2n) is 4.45. The van der Waals surface area contributed by atoms with E-state index in [1.54, 1.807) is 6.07 Å². The molecule has 0 bridgehead atoms. The number of halogens is 1. The Morgan fingerprint density at radius 2 is 2.00 bits per heavy atom. The maximum atomic E-state index is 12.7. The summed E-state index contributed by atoms with van der Waals surface area (Å²) in [7, 11) is 0. The number of hydrogen-bond acceptors (Lipinski definition) is 4. The quantitative estimate of drug-likeness (QED) is 0.523. The summed E-state index contributed by atoms with van der Waals surface area (Å²) in [5.74, 6) is -0.735. The Morgan fingerprint density at radius 3 is 2.68 bits per heavy atom. The molecule has 6 nitrogen and oxygen atoms in total. The molecule has 0 atom stereocenters. The largest absolute Gasteiger partial charge is 0.273 e. The molecule has 2 aromatic rings. The van der Waals surface area contributed by atoms with Gasteiger partial charge in [-0.25, -0.2) is 9.82 Å². The molecule has 2 aromatic carbocycles. The minimum atomic E-state index is -0.509. The minimum Gasteiger partial charge on any atom is -0.273 e. The molecule has 0 saturated carbocycles. The van der Waals surface area contributed by atoms with Crippen LogP contribution >= 0.6 is 0 Å². The summed E-state index contributed by atoms with van der Waals surface area (Å²) < 4.78 is 12.7. The third-order valence-electron chi connectivity index (χ3n) is 2.76. The van der Waals surface area contributed by atoms with Crippen molar-refractivity contribution in [2.75, 3.05) is 0 Å². The summed E-state index contributed by atoms with van der Waals surface area (Å²) in [4.78, 5) is 21.8. The number of nitrogens with one attached hydrogen (secondary N) is 1. The van der Waals surface area contributed by atoms with Gasteiger partial charge in [0.1, 0.15) is 5.82 Å². The van der Waals surface area contributed by atoms with Gasteiger partial charge in [0, 0.05) is 17.7 Å². The number of hydrazone groups is 1. The van der Waals surface area contributed by atoms with Crippen LogP contribution in [0.1, 0.15) is 11.1 Å². The zero-order valence-electron chi connectivity index (χ0n) is 11.4. The lowest BCUT2D eigenvalue weighted by atomic mass is 10.1. The van der Waals surface area contributed by atoms with Crippen molar-refractivity contribution in [2.45, 2.75) is 6.42 Å². The van der Waals surface area contributed by atoms with Crippen LogP contribution < -0.4 is 5.43 Å². The molecule has 0 aliphatic heterocycles. The molecule has 7 heteroatoms. The third kappa shape index (κ3) is 4.48. The van der Waals surface area contributed by atoms with E-state index in [-0.39, 0.29) is 23.8 Å². The molecule has 0 radical (unpaired) electrons. The highest BCUT2D eigenvalue weighted by Gasteiger charge is 2.05. The number of non-ortho nitro benzene ring substituents is 1. The molecule has 0 fully saturated rings. The number of hydrogen-bond donors (Lipinski definition) is 1. The van der Waals surface area contributed by atoms with Crippen molar-refractivity contribution in [1.82, 2.24) is 5.43 Å². The molecule has 112 valence electrons. The van der Waals surface area contributed by atoms with Gasteiger partial charge in [-0.15, -0.1) is 0 Å². The molecule has 22 heavy (non-hydrogen) atoms. The summed E-state index contributed by atoms with van der Waals surface area (Å²) >= 11 is 0. The fourth-order valence-electron chi connectivity index (χ4n) is 1.72. The summed E-state index contributed by atoms with van der Waals surface area (Å²) in [6, 6.07) is 11.4. The molecule has 2 rings (SSSR count). The average molecular weight is 301 g/mol. The summed E-state index contributed by atoms with van der Waals surface area (Å²) in [5, 5.41) is 14.4. The second-order valence-corrected chi connectivity index (χ2v) is 4.45. The van der Waals surface area contributed by atoms with Crippen LogP contribution in [0.5, 0.6) is 0 Å². The van der Waals surface area contributed by atoms with Gasteiger partial charge in [0.05, 0.1) is 17.6 Å². The Balaban J connectivity index is 1.91. The molecule has 1 N–H and O–H groups in total. The van der Waals surface area contributed by atoms with Gasteiger partial charge in [0.25, 0.3) is 5.69 Å². The fraction of sp³-hybridized carbons (Fsp3) is 0.0667. The molecule has 0 spiro atoms. The molecule has 0 heterocycles. The highest BCUT2D eigenvalue weighted by molar-refractivity contribution is 5.83. The predicted octanol–water partition coefficient (Wildman–Crippen LogP) is 2.43. The van der Waals surface area contributed by atoms with E-state index in [9.17, 15) is 19.3 Å². The molecule has 0 saturated heterocycles. The van der Waals surface area contributed by atoms with Gasteiger partial charge >= 0.3 is 0 Å². The number of carbonyl (C=O) groups is 1. The van der Waals surface area contributed by atoms with Gasteiger partial charge in [0.2, 0.25) is 5.91 Å². The second kappa shape index (κ2) is 7.07. The Kier molecular flexibility index (Phi) is 4.92. The zero-order valence-corrected chi connectivity index (χ0v) is 11.4. The first-order valence-corrected chi connectivity index (χ1v) is 6.35. The van der Waals surface area contributed by atoms with Crippen LogP contribution in [-0.2, 0) is 11.2 Å². The standard InChI is InChI=1S/C15H12FN3O3/c16-13-6-4-11(5-7-13)9-15(20)18-17-10-12-2-1-3-14(8-12)19(21)22/h1-8,10H,9H2,(H,18,20)/b17-10+. The zero-order chi connectivity index (χ0) is 15.9. The van der Waals surface area contributed by atoms with Crippen molar-refractivity contribution >= 4 is 17.8 Å². The first-order chi connectivity index (χ1) is 10.5. The number of rotatable bonds is 5. The van der Waals surface area contributed by atoms with Gasteiger partial charge in [-0.1, -0.05) is 24.3 Å². The third-order valence-corrected chi connectivity index (χ3v) is 2.76. The van der Waals surface area contributed by atoms with Gasteiger partial charge in [0.15, 0.2) is 0 Å². The van der Waals surface area contributed by atoms with E-state index in [4.69, 9.17) is 0 Å². The number of nitro benzene ring substituents is 1. The SMILES string of the molecule is O=C(Cc1ccc(F)cc1)N/N=C/c1cccc([N+](=O)[O-])c1. The molecule has 1 amide bonds. The van der Waals surface area contributed by atoms with E-state index in [1.807, 2.05) is 0 Å². The lowest BCUT2D eigenvalue weighted by Gasteiger charge is -2.00. The molecule has 0 unspecified atom stereocenters. The number of nitro groups is 1. The first-order valence-electron chi connectivity index (χ1n) is 6.35. The van der Waals surface area contributed by atoms with Crippen LogP contribution in [0.15, 0.2) is 53.6 Å². The summed E-state index contributed by atoms with van der Waals surface area (Å²) in [6.07, 6.45) is 1.38. The predicted molar refractivity (Wildman–Crippen MR) is 78.9 cm³/mol. The van der Waals surface area contributed by atoms with Crippen LogP contribution in [0, 0.1) is 15.9 Å². The molecular weight excluding hydrogens is 289 g/mol. The van der Waals surface area contributed by atoms with Gasteiger partial charge < -0.3 is 0 Å². The van der Waals surface area contributed by atoms with E-state index in [2.05, 4.69) is 10.5 Å². The highest BCUT2D eigenvalue weighted by atomic mass is 19.1. The van der Waals surface area contributed by atoms with Crippen molar-refractivity contribution in [2.24, 2.45) is 5.10 Å². The lowest BCUT2D eigenvalue weighted by Crippen LogP contribution is -2.19. The van der Waals surface area contributed by atoms with Crippen molar-refractivity contribution in [3.05, 3.63) is 75.6 Å². The maximum absolute atomic E-state index is 12.7. The Morgan fingerprint density at radius 1 is 1.27 bits per heavy atom. The van der Waals surface area contributed by atoms with Crippen LogP contribution in [0.25, 0.3) is 0 Å². The van der Waals surface area contributed by atoms with E-state index in [0.29, 0.717) is 11.1 Å². The van der Waals surface area contributed by atoms with Crippen molar-refractivity contribution in [1.29, 1.82) is 0 Å². The molecular formula is C15H12FN3O3. The lowest BCUT2D eigenvalue weighted by molar-refractivity contribution is -0.384. The van der Waals surface area contributed by atoms with E-state index in [0.717, 1.165) is 0 Å². The van der Waals surface area contributed by atoms with Crippen LogP contribution in [0.4, 0.5) is 10.1 Å². The number of carbonyl (C=O) groups excluding carboxylic acids is 1. The summed E-state index contributed by atoms with van der Waals surface area (Å²) in [6.45, 7) is 0. The first kappa shape index (κ1) is 15.3. The Labute approximate surface area is 125 Å². The van der Waals surface area contributed by atoms with E-state index >= 15 is 0 Å². The Bertz CT molecular complexity index is 714. The molecule has 0 aromatic heterocycles. The van der Waals surface area contributed by atoms with Crippen molar-refractivity contribution in [3.8, 4) is 0 Å². The van der Waals surface area contributed by atoms with Crippen LogP contribution in [0.3, 0.4) is 0 Å². The molecule has 0 aliphatic carbocycles.